The number of nitrogens with zero attached hydrogens (tertiary/aromatic N) is 1. The molecule has 36 heavy (non-hydrogen) atoms. The fourth-order valence-corrected chi connectivity index (χ4v) is 3.68. The highest BCUT2D eigenvalue weighted by molar-refractivity contribution is 6.30. The summed E-state index contributed by atoms with van der Waals surface area (Å²) in [4.78, 5) is 16.5. The van der Waals surface area contributed by atoms with Crippen molar-refractivity contribution in [2.24, 2.45) is 0 Å². The van der Waals surface area contributed by atoms with Gasteiger partial charge in [0, 0.05) is 17.7 Å². The Morgan fingerprint density at radius 3 is 1.97 bits per heavy atom. The molecule has 0 saturated carbocycles. The number of rotatable bonds is 6. The lowest BCUT2D eigenvalue weighted by molar-refractivity contribution is -0.136. The zero-order chi connectivity index (χ0) is 27.6. The maximum absolute atomic E-state index is 11.6. The van der Waals surface area contributed by atoms with Crippen LogP contribution in [0.3, 0.4) is 0 Å². The first-order chi connectivity index (χ1) is 16.8. The number of carboxylic acid groups (broad SMARTS) is 1. The predicted molar refractivity (Wildman–Crippen MR) is 150 cm³/mol. The molecule has 0 spiro atoms. The van der Waals surface area contributed by atoms with Crippen LogP contribution in [-0.4, -0.2) is 33.9 Å². The van der Waals surface area contributed by atoms with Crippen LogP contribution in [-0.2, 0) is 22.6 Å². The Kier molecular flexibility index (Phi) is 12.3. The zero-order valence-corrected chi connectivity index (χ0v) is 23.7. The number of ether oxygens (including phenoxy) is 1. The number of halogens is 1. The van der Waals surface area contributed by atoms with Crippen molar-refractivity contribution in [3.05, 3.63) is 75.4 Å². The lowest BCUT2D eigenvalue weighted by Gasteiger charge is -2.20. The third-order valence-corrected chi connectivity index (χ3v) is 5.40. The largest absolute Gasteiger partial charge is 0.481 e. The van der Waals surface area contributed by atoms with Crippen molar-refractivity contribution >= 4 is 17.6 Å². The van der Waals surface area contributed by atoms with Crippen molar-refractivity contribution in [1.29, 1.82) is 0 Å². The molecule has 3 aromatic rings. The summed E-state index contributed by atoms with van der Waals surface area (Å²) < 4.78 is 5.36. The maximum Gasteiger partial charge on any atom is 0.307 e. The van der Waals surface area contributed by atoms with Crippen molar-refractivity contribution in [2.45, 2.75) is 74.0 Å². The fourth-order valence-electron chi connectivity index (χ4n) is 3.55. The van der Waals surface area contributed by atoms with E-state index in [4.69, 9.17) is 26.4 Å². The molecule has 0 aliphatic carbocycles. The molecule has 6 heteroatoms. The molecule has 1 heterocycles. The lowest BCUT2D eigenvalue weighted by atomic mass is 9.89. The average molecular weight is 514 g/mol. The smallest absolute Gasteiger partial charge is 0.307 e. The van der Waals surface area contributed by atoms with Gasteiger partial charge in [-0.25, -0.2) is 4.98 Å². The minimum atomic E-state index is -0.905. The van der Waals surface area contributed by atoms with Crippen molar-refractivity contribution in [3.63, 3.8) is 0 Å². The van der Waals surface area contributed by atoms with Gasteiger partial charge in [-0.1, -0.05) is 49.7 Å². The normalized spacial score (nSPS) is 10.6. The fraction of sp³-hybridized carbons (Fsp3) is 0.400. The molecule has 0 fully saturated rings. The van der Waals surface area contributed by atoms with Gasteiger partial charge in [0.2, 0.25) is 0 Å². The van der Waals surface area contributed by atoms with Gasteiger partial charge in [-0.3, -0.25) is 4.79 Å². The van der Waals surface area contributed by atoms with E-state index >= 15 is 0 Å². The SMILES string of the molecule is CC.CC(C)(C)O.COCc1nc(-c2ccc(C)c(C)c2)c(C)c(-c2ccc(Cl)cc2)c1CC(=O)O. The molecule has 0 bridgehead atoms. The van der Waals surface area contributed by atoms with Gasteiger partial charge in [-0.2, -0.15) is 0 Å². The molecular weight excluding hydrogens is 474 g/mol. The molecule has 0 unspecified atom stereocenters. The molecule has 2 aromatic carbocycles. The molecule has 0 atom stereocenters. The topological polar surface area (TPSA) is 79.7 Å². The highest BCUT2D eigenvalue weighted by Crippen LogP contribution is 2.36. The van der Waals surface area contributed by atoms with Crippen LogP contribution in [0.1, 0.15) is 62.6 Å². The molecule has 1 aromatic heterocycles. The minimum absolute atomic E-state index is 0.127. The summed E-state index contributed by atoms with van der Waals surface area (Å²) in [5.41, 5.74) is 7.76. The first-order valence-electron chi connectivity index (χ1n) is 12.1. The third kappa shape index (κ3) is 9.38. The summed E-state index contributed by atoms with van der Waals surface area (Å²) in [6.45, 7) is 15.6. The van der Waals surface area contributed by atoms with Crippen LogP contribution in [0.5, 0.6) is 0 Å². The van der Waals surface area contributed by atoms with E-state index in [9.17, 15) is 9.90 Å². The quantitative estimate of drug-likeness (QED) is 0.355. The number of pyridine rings is 1. The Hall–Kier alpha value is -2.73. The molecular formula is C30H40ClNO4. The molecule has 0 amide bonds. The monoisotopic (exact) mass is 513 g/mol. The van der Waals surface area contributed by atoms with Gasteiger partial charge in [-0.05, 0) is 93.1 Å². The number of hydrogen-bond acceptors (Lipinski definition) is 4. The van der Waals surface area contributed by atoms with Crippen LogP contribution < -0.4 is 0 Å². The molecule has 0 aliphatic rings. The van der Waals surface area contributed by atoms with Gasteiger partial charge in [-0.15, -0.1) is 0 Å². The summed E-state index contributed by atoms with van der Waals surface area (Å²) in [5.74, 6) is -0.905. The number of aliphatic hydroxyl groups is 1. The summed E-state index contributed by atoms with van der Waals surface area (Å²) in [5, 5.41) is 18.7. The minimum Gasteiger partial charge on any atom is -0.481 e. The second-order valence-corrected chi connectivity index (χ2v) is 9.80. The number of methoxy groups -OCH3 is 1. The molecule has 2 N–H and O–H groups in total. The van der Waals surface area contributed by atoms with Crippen LogP contribution >= 0.6 is 11.6 Å². The Morgan fingerprint density at radius 2 is 1.50 bits per heavy atom. The van der Waals surface area contributed by atoms with Crippen molar-refractivity contribution in [3.8, 4) is 22.4 Å². The van der Waals surface area contributed by atoms with Crippen LogP contribution in [0.25, 0.3) is 22.4 Å². The van der Waals surface area contributed by atoms with E-state index in [1.165, 1.54) is 11.1 Å². The van der Waals surface area contributed by atoms with Crippen LogP contribution in [0.2, 0.25) is 5.02 Å². The Labute approximate surface area is 221 Å². The van der Waals surface area contributed by atoms with Gasteiger partial charge < -0.3 is 14.9 Å². The first kappa shape index (κ1) is 31.3. The van der Waals surface area contributed by atoms with Gasteiger partial charge in [0.05, 0.1) is 30.0 Å². The van der Waals surface area contributed by atoms with Crippen LogP contribution in [0.4, 0.5) is 0 Å². The van der Waals surface area contributed by atoms with Crippen molar-refractivity contribution < 1.29 is 19.7 Å². The number of aryl methyl sites for hydroxylation is 2. The predicted octanol–water partition coefficient (Wildman–Crippen LogP) is 7.57. The highest BCUT2D eigenvalue weighted by Gasteiger charge is 2.21. The van der Waals surface area contributed by atoms with E-state index in [0.29, 0.717) is 16.3 Å². The second kappa shape index (κ2) is 14.1. The van der Waals surface area contributed by atoms with Crippen molar-refractivity contribution in [2.75, 3.05) is 7.11 Å². The standard InChI is InChI=1S/C24H24ClNO3.C4H10O.C2H6/c1-14-5-6-18(11-15(14)2)24-16(3)23(17-7-9-19(25)10-8-17)20(12-22(27)28)21(26-24)13-29-4;1-4(2,3)5;1-2/h5-11H,12-13H2,1-4H3,(H,27,28);5H,1-3H3;1-2H3. The highest BCUT2D eigenvalue weighted by atomic mass is 35.5. The first-order valence-corrected chi connectivity index (χ1v) is 12.5. The average Bonchev–Trinajstić information content (AvgIpc) is 2.79. The van der Waals surface area contributed by atoms with Gasteiger partial charge >= 0.3 is 5.97 Å². The number of hydrogen-bond donors (Lipinski definition) is 2. The summed E-state index contributed by atoms with van der Waals surface area (Å²) in [6.07, 6.45) is -0.127. The maximum atomic E-state index is 11.6. The van der Waals surface area contributed by atoms with E-state index in [1.807, 2.05) is 45.0 Å². The molecule has 196 valence electrons. The number of carbonyl (C=O) groups is 1. The Bertz CT molecular complexity index is 1140. The van der Waals surface area contributed by atoms with E-state index in [0.717, 1.165) is 27.9 Å². The molecule has 0 radical (unpaired) electrons. The van der Waals surface area contributed by atoms with E-state index in [2.05, 4.69) is 32.0 Å². The van der Waals surface area contributed by atoms with Gasteiger partial charge in [0.15, 0.2) is 0 Å². The lowest BCUT2D eigenvalue weighted by Crippen LogP contribution is -2.11. The Morgan fingerprint density at radius 1 is 0.972 bits per heavy atom. The third-order valence-electron chi connectivity index (χ3n) is 5.15. The van der Waals surface area contributed by atoms with Gasteiger partial charge in [0.25, 0.3) is 0 Å². The van der Waals surface area contributed by atoms with E-state index in [-0.39, 0.29) is 13.0 Å². The molecule has 3 rings (SSSR count). The van der Waals surface area contributed by atoms with Crippen molar-refractivity contribution in [1.82, 2.24) is 4.98 Å². The number of aromatic nitrogens is 1. The summed E-state index contributed by atoms with van der Waals surface area (Å²) in [6, 6.07) is 13.7. The number of aliphatic carboxylic acids is 1. The molecule has 0 aliphatic heterocycles. The number of carboxylic acids is 1. The Balaban J connectivity index is 0.000000826. The molecule has 0 saturated heterocycles. The van der Waals surface area contributed by atoms with Gasteiger partial charge in [0.1, 0.15) is 0 Å². The summed E-state index contributed by atoms with van der Waals surface area (Å²) in [7, 11) is 1.59. The molecule has 5 nitrogen and oxygen atoms in total. The zero-order valence-electron chi connectivity index (χ0n) is 23.0. The van der Waals surface area contributed by atoms with E-state index < -0.39 is 11.6 Å². The van der Waals surface area contributed by atoms with Crippen LogP contribution in [0.15, 0.2) is 42.5 Å². The summed E-state index contributed by atoms with van der Waals surface area (Å²) >= 11 is 6.08. The van der Waals surface area contributed by atoms with E-state index in [1.54, 1.807) is 27.9 Å². The van der Waals surface area contributed by atoms with Crippen LogP contribution in [0, 0.1) is 20.8 Å². The number of benzene rings is 2. The second-order valence-electron chi connectivity index (χ2n) is 9.37.